The minimum Gasteiger partial charge on any atom is -0.504 e. The van der Waals surface area contributed by atoms with Crippen molar-refractivity contribution in [3.05, 3.63) is 12.1 Å². The fourth-order valence-corrected chi connectivity index (χ4v) is 1.16. The lowest BCUT2D eigenvalue weighted by atomic mass is 10.2. The molecule has 0 atom stereocenters. The van der Waals surface area contributed by atoms with Crippen LogP contribution >= 0.6 is 0 Å². The first kappa shape index (κ1) is 13.4. The van der Waals surface area contributed by atoms with E-state index in [9.17, 15) is 5.11 Å². The number of rotatable bonds is 7. The number of benzene rings is 1. The van der Waals surface area contributed by atoms with E-state index in [0.717, 1.165) is 0 Å². The smallest absolute Gasteiger partial charge is 0.188 e. The fourth-order valence-electron chi connectivity index (χ4n) is 1.16. The van der Waals surface area contributed by atoms with Crippen molar-refractivity contribution in [1.29, 1.82) is 0 Å². The molecular formula is C11H16O6. The van der Waals surface area contributed by atoms with Gasteiger partial charge in [-0.1, -0.05) is 0 Å². The van der Waals surface area contributed by atoms with Crippen LogP contribution in [0.25, 0.3) is 0 Å². The van der Waals surface area contributed by atoms with Gasteiger partial charge in [0.05, 0.1) is 7.11 Å². The van der Waals surface area contributed by atoms with Crippen LogP contribution in [0.5, 0.6) is 23.0 Å². The molecule has 1 aromatic rings. The number of phenolic OH excluding ortho intramolecular Hbond substituents is 1. The lowest BCUT2D eigenvalue weighted by Gasteiger charge is -2.13. The highest BCUT2D eigenvalue weighted by Gasteiger charge is 2.12. The van der Waals surface area contributed by atoms with E-state index in [1.54, 1.807) is 0 Å². The van der Waals surface area contributed by atoms with Crippen LogP contribution in [0, 0.1) is 0 Å². The zero-order valence-corrected chi connectivity index (χ0v) is 10.1. The van der Waals surface area contributed by atoms with Crippen LogP contribution in [-0.2, 0) is 9.47 Å². The first-order valence-corrected chi connectivity index (χ1v) is 4.87. The maximum Gasteiger partial charge on any atom is 0.188 e. The molecule has 0 aliphatic rings. The molecule has 1 aromatic carbocycles. The van der Waals surface area contributed by atoms with Crippen molar-refractivity contribution in [2.45, 2.75) is 0 Å². The molecule has 96 valence electrons. The van der Waals surface area contributed by atoms with Crippen molar-refractivity contribution in [3.8, 4) is 23.0 Å². The van der Waals surface area contributed by atoms with Gasteiger partial charge >= 0.3 is 0 Å². The molecule has 1 N–H and O–H groups in total. The van der Waals surface area contributed by atoms with E-state index in [2.05, 4.69) is 0 Å². The van der Waals surface area contributed by atoms with E-state index >= 15 is 0 Å². The third kappa shape index (κ3) is 3.69. The molecule has 0 heterocycles. The van der Waals surface area contributed by atoms with Crippen molar-refractivity contribution in [2.75, 3.05) is 34.9 Å². The molecule has 17 heavy (non-hydrogen) atoms. The first-order chi connectivity index (χ1) is 8.22. The molecule has 0 fully saturated rings. The van der Waals surface area contributed by atoms with E-state index in [1.807, 2.05) is 0 Å². The van der Waals surface area contributed by atoms with Crippen LogP contribution in [0.1, 0.15) is 0 Å². The van der Waals surface area contributed by atoms with Crippen LogP contribution < -0.4 is 14.2 Å². The molecule has 0 saturated heterocycles. The summed E-state index contributed by atoms with van der Waals surface area (Å²) >= 11 is 0. The van der Waals surface area contributed by atoms with Crippen molar-refractivity contribution < 1.29 is 28.8 Å². The lowest BCUT2D eigenvalue weighted by molar-refractivity contribution is 0.0452. The molecule has 0 spiro atoms. The Hall–Kier alpha value is -1.66. The van der Waals surface area contributed by atoms with E-state index in [0.29, 0.717) is 11.5 Å². The zero-order valence-electron chi connectivity index (χ0n) is 10.1. The summed E-state index contributed by atoms with van der Waals surface area (Å²) in [4.78, 5) is 0. The summed E-state index contributed by atoms with van der Waals surface area (Å²) < 4.78 is 25.0. The number of hydrogen-bond acceptors (Lipinski definition) is 6. The fraction of sp³-hybridized carbons (Fsp3) is 0.455. The zero-order chi connectivity index (χ0) is 12.7. The van der Waals surface area contributed by atoms with Gasteiger partial charge < -0.3 is 28.8 Å². The Labute approximate surface area is 99.6 Å². The van der Waals surface area contributed by atoms with Gasteiger partial charge in [-0.15, -0.1) is 0 Å². The van der Waals surface area contributed by atoms with Gasteiger partial charge in [-0.25, -0.2) is 0 Å². The van der Waals surface area contributed by atoms with Gasteiger partial charge in [0, 0.05) is 26.4 Å². The topological polar surface area (TPSA) is 66.4 Å². The van der Waals surface area contributed by atoms with Crippen LogP contribution in [0.3, 0.4) is 0 Å². The molecular weight excluding hydrogens is 228 g/mol. The molecule has 0 saturated carbocycles. The highest BCUT2D eigenvalue weighted by atomic mass is 16.7. The maximum absolute atomic E-state index is 9.68. The van der Waals surface area contributed by atoms with Crippen LogP contribution in [0.15, 0.2) is 12.1 Å². The van der Waals surface area contributed by atoms with Crippen LogP contribution in [0.4, 0.5) is 0 Å². The Morgan fingerprint density at radius 2 is 1.47 bits per heavy atom. The predicted molar refractivity (Wildman–Crippen MR) is 59.7 cm³/mol. The standard InChI is InChI=1S/C11H16O6/c1-13-6-16-9-5-10(15-3)11(4-8(9)12)17-7-14-2/h4-5,12H,6-7H2,1-3H3. The molecule has 6 nitrogen and oxygen atoms in total. The molecule has 0 amide bonds. The SMILES string of the molecule is COCOc1cc(OC)c(OCOC)cc1O. The Bertz CT molecular complexity index is 352. The molecule has 6 heteroatoms. The Morgan fingerprint density at radius 1 is 0.882 bits per heavy atom. The monoisotopic (exact) mass is 244 g/mol. The lowest BCUT2D eigenvalue weighted by Crippen LogP contribution is -2.03. The molecule has 0 aliphatic carbocycles. The highest BCUT2D eigenvalue weighted by molar-refractivity contribution is 5.53. The van der Waals surface area contributed by atoms with Gasteiger partial charge in [0.15, 0.2) is 36.6 Å². The largest absolute Gasteiger partial charge is 0.504 e. The van der Waals surface area contributed by atoms with Gasteiger partial charge in [0.2, 0.25) is 0 Å². The summed E-state index contributed by atoms with van der Waals surface area (Å²) in [6, 6.07) is 2.90. The molecule has 0 bridgehead atoms. The summed E-state index contributed by atoms with van der Waals surface area (Å²) in [5.41, 5.74) is 0. The normalized spacial score (nSPS) is 10.1. The van der Waals surface area contributed by atoms with E-state index in [-0.39, 0.29) is 25.1 Å². The quantitative estimate of drug-likeness (QED) is 0.731. The van der Waals surface area contributed by atoms with Crippen molar-refractivity contribution >= 4 is 0 Å². The predicted octanol–water partition coefficient (Wildman–Crippen LogP) is 1.37. The second kappa shape index (κ2) is 6.82. The maximum atomic E-state index is 9.68. The molecule has 0 unspecified atom stereocenters. The van der Waals surface area contributed by atoms with E-state index < -0.39 is 0 Å². The number of hydrogen-bond donors (Lipinski definition) is 1. The highest BCUT2D eigenvalue weighted by Crippen LogP contribution is 2.38. The number of methoxy groups -OCH3 is 3. The molecule has 0 radical (unpaired) electrons. The van der Waals surface area contributed by atoms with E-state index in [1.165, 1.54) is 33.5 Å². The van der Waals surface area contributed by atoms with Gasteiger partial charge in [-0.3, -0.25) is 0 Å². The Kier molecular flexibility index (Phi) is 5.38. The van der Waals surface area contributed by atoms with Gasteiger partial charge in [-0.05, 0) is 0 Å². The minimum absolute atomic E-state index is 0.0367. The second-order valence-corrected chi connectivity index (χ2v) is 3.07. The second-order valence-electron chi connectivity index (χ2n) is 3.07. The summed E-state index contributed by atoms with van der Waals surface area (Å²) in [5, 5.41) is 9.68. The summed E-state index contributed by atoms with van der Waals surface area (Å²) in [5.74, 6) is 1.00. The summed E-state index contributed by atoms with van der Waals surface area (Å²) in [6.07, 6.45) is 0. The Morgan fingerprint density at radius 3 is 2.00 bits per heavy atom. The average Bonchev–Trinajstić information content (AvgIpc) is 2.35. The van der Waals surface area contributed by atoms with E-state index in [4.69, 9.17) is 23.7 Å². The summed E-state index contributed by atoms with van der Waals surface area (Å²) in [6.45, 7) is 0.100. The van der Waals surface area contributed by atoms with Crippen LogP contribution in [0.2, 0.25) is 0 Å². The van der Waals surface area contributed by atoms with Crippen molar-refractivity contribution in [1.82, 2.24) is 0 Å². The molecule has 1 rings (SSSR count). The molecule has 0 aliphatic heterocycles. The Balaban J connectivity index is 2.89. The minimum atomic E-state index is -0.0612. The van der Waals surface area contributed by atoms with Crippen molar-refractivity contribution in [2.24, 2.45) is 0 Å². The number of phenols is 1. The number of ether oxygens (including phenoxy) is 5. The average molecular weight is 244 g/mol. The van der Waals surface area contributed by atoms with Crippen LogP contribution in [-0.4, -0.2) is 40.0 Å². The third-order valence-electron chi connectivity index (χ3n) is 1.91. The van der Waals surface area contributed by atoms with Gasteiger partial charge in [0.1, 0.15) is 0 Å². The summed E-state index contributed by atoms with van der Waals surface area (Å²) in [7, 11) is 4.49. The molecule has 0 aromatic heterocycles. The number of aromatic hydroxyl groups is 1. The van der Waals surface area contributed by atoms with Crippen molar-refractivity contribution in [3.63, 3.8) is 0 Å². The van der Waals surface area contributed by atoms with Gasteiger partial charge in [0.25, 0.3) is 0 Å². The third-order valence-corrected chi connectivity index (χ3v) is 1.91. The van der Waals surface area contributed by atoms with Gasteiger partial charge in [-0.2, -0.15) is 0 Å². The first-order valence-electron chi connectivity index (χ1n) is 4.87.